The van der Waals surface area contributed by atoms with Gasteiger partial charge in [0.05, 0.1) is 29.6 Å². The monoisotopic (exact) mass is 952 g/mol. The summed E-state index contributed by atoms with van der Waals surface area (Å²) in [7, 11) is -2.49. The Morgan fingerprint density at radius 1 is 1.05 bits per heavy atom. The molecule has 0 spiro atoms. The molecule has 0 radical (unpaired) electrons. The van der Waals surface area contributed by atoms with Crippen molar-refractivity contribution < 1.29 is 50.2 Å². The summed E-state index contributed by atoms with van der Waals surface area (Å²) in [6, 6.07) is 7.26. The van der Waals surface area contributed by atoms with E-state index in [9.17, 15) is 31.2 Å². The molecule has 19 heteroatoms. The third kappa shape index (κ3) is 9.82. The predicted octanol–water partition coefficient (Wildman–Crippen LogP) is 8.23. The van der Waals surface area contributed by atoms with Crippen molar-refractivity contribution in [3.8, 4) is 28.0 Å². The van der Waals surface area contributed by atoms with E-state index in [0.29, 0.717) is 70.8 Å². The summed E-state index contributed by atoms with van der Waals surface area (Å²) in [4.78, 5) is 55.2. The lowest BCUT2D eigenvalue weighted by atomic mass is 10.0. The standard InChI is InChI=1S/C47H55F3N6O8S2/c1-26(2)36-25-65-42(53-36)35-22-39(33-14-15-38(62-6)28(4)40(33)52-35)63-32-21-37-41(57)54-46(44(59)55-66(60,61)45(5)16-17-45)23-29(46)12-10-8-7-9-11-13-34(43(58)56(37)24-32)51-30-18-27(3)19-31(20-30)64-47(48,49)50/h10,12,14-15,18-20,22,25-26,29,32,34,37,51H,7-9,11,13,16-17,21,23-24H2,1-6H3,(H,54,57)(H,55,59)/b12-10-/t29-,32+,34-,37-,46+/m0/s1. The number of nitrogens with one attached hydrogen (secondary N) is 3. The number of carbonyl (C=O) groups excluding carboxylic acids is 3. The molecular formula is C47H55F3N6O8S2. The maximum absolute atomic E-state index is 15.1. The number of rotatable bonds is 11. The molecule has 3 N–H and O–H groups in total. The molecule has 2 saturated carbocycles. The molecule has 0 unspecified atom stereocenters. The zero-order chi connectivity index (χ0) is 47.3. The van der Waals surface area contributed by atoms with Gasteiger partial charge in [0.15, 0.2) is 0 Å². The summed E-state index contributed by atoms with van der Waals surface area (Å²) in [6.45, 7) is 9.09. The summed E-state index contributed by atoms with van der Waals surface area (Å²) in [5.41, 5.74) is 1.91. The lowest BCUT2D eigenvalue weighted by Gasteiger charge is -2.30. The van der Waals surface area contributed by atoms with Gasteiger partial charge >= 0.3 is 6.36 Å². The highest BCUT2D eigenvalue weighted by atomic mass is 32.2. The molecule has 2 aliphatic heterocycles. The molecule has 66 heavy (non-hydrogen) atoms. The van der Waals surface area contributed by atoms with Gasteiger partial charge in [-0.15, -0.1) is 24.5 Å². The number of halogens is 3. The number of nitrogens with zero attached hydrogens (tertiary/aromatic N) is 3. The fourth-order valence-corrected chi connectivity index (χ4v) is 11.1. The van der Waals surface area contributed by atoms with Crippen molar-refractivity contribution in [1.29, 1.82) is 0 Å². The van der Waals surface area contributed by atoms with Gasteiger partial charge in [-0.2, -0.15) is 0 Å². The summed E-state index contributed by atoms with van der Waals surface area (Å²) in [6.07, 6.45) is 1.87. The minimum atomic E-state index is -4.94. The smallest absolute Gasteiger partial charge is 0.496 e. The number of sulfonamides is 1. The molecule has 4 aromatic rings. The average Bonchev–Trinajstić information content (AvgIpc) is 4.01. The van der Waals surface area contributed by atoms with Gasteiger partial charge < -0.3 is 29.7 Å². The number of pyridine rings is 1. The van der Waals surface area contributed by atoms with E-state index >= 15 is 4.79 Å². The molecule has 4 aliphatic rings. The number of benzene rings is 2. The highest BCUT2D eigenvalue weighted by molar-refractivity contribution is 7.91. The van der Waals surface area contributed by atoms with Crippen LogP contribution in [0.4, 0.5) is 18.9 Å². The van der Waals surface area contributed by atoms with Crippen molar-refractivity contribution in [3.63, 3.8) is 0 Å². The predicted molar refractivity (Wildman–Crippen MR) is 244 cm³/mol. The number of ether oxygens (including phenoxy) is 3. The van der Waals surface area contributed by atoms with E-state index in [4.69, 9.17) is 19.4 Å². The zero-order valence-electron chi connectivity index (χ0n) is 37.7. The van der Waals surface area contributed by atoms with E-state index in [1.165, 1.54) is 28.4 Å². The normalized spacial score (nSPS) is 24.9. The highest BCUT2D eigenvalue weighted by Crippen LogP contribution is 2.48. The number of fused-ring (bicyclic) bond motifs is 3. The molecule has 0 bridgehead atoms. The van der Waals surface area contributed by atoms with Crippen molar-refractivity contribution in [2.24, 2.45) is 5.92 Å². The van der Waals surface area contributed by atoms with Crippen LogP contribution in [0.1, 0.15) is 101 Å². The van der Waals surface area contributed by atoms with E-state index < -0.39 is 74.2 Å². The maximum atomic E-state index is 15.1. The number of hydrogen-bond donors (Lipinski definition) is 3. The molecule has 14 nitrogen and oxygen atoms in total. The first-order chi connectivity index (χ1) is 31.2. The number of aryl methyl sites for hydroxylation is 2. The van der Waals surface area contributed by atoms with E-state index in [1.807, 2.05) is 36.6 Å². The molecule has 354 valence electrons. The second-order valence-corrected chi connectivity index (χ2v) is 21.6. The molecule has 4 heterocycles. The molecule has 2 aromatic heterocycles. The molecule has 3 amide bonds. The van der Waals surface area contributed by atoms with Crippen LogP contribution >= 0.6 is 11.3 Å². The van der Waals surface area contributed by atoms with Gasteiger partial charge in [0.1, 0.15) is 51.7 Å². The van der Waals surface area contributed by atoms with E-state index in [-0.39, 0.29) is 37.4 Å². The minimum Gasteiger partial charge on any atom is -0.496 e. The van der Waals surface area contributed by atoms with Crippen molar-refractivity contribution >= 4 is 55.7 Å². The van der Waals surface area contributed by atoms with Gasteiger partial charge in [-0.25, -0.2) is 18.4 Å². The summed E-state index contributed by atoms with van der Waals surface area (Å²) in [5.74, 6) is -1.76. The third-order valence-electron chi connectivity index (χ3n) is 13.1. The Morgan fingerprint density at radius 3 is 2.52 bits per heavy atom. The van der Waals surface area contributed by atoms with Crippen LogP contribution in [0.2, 0.25) is 0 Å². The van der Waals surface area contributed by atoms with Gasteiger partial charge in [-0.05, 0) is 95.0 Å². The number of allylic oxidation sites excluding steroid dienone is 1. The lowest BCUT2D eigenvalue weighted by Crippen LogP contribution is -2.58. The quantitative estimate of drug-likeness (QED) is 0.123. The second kappa shape index (κ2) is 18.0. The number of hydrogen-bond acceptors (Lipinski definition) is 12. The van der Waals surface area contributed by atoms with Crippen molar-refractivity contribution in [3.05, 3.63) is 70.8 Å². The first-order valence-corrected chi connectivity index (χ1v) is 24.7. The van der Waals surface area contributed by atoms with Crippen LogP contribution in [0.3, 0.4) is 0 Å². The lowest BCUT2D eigenvalue weighted by molar-refractivity contribution is -0.274. The van der Waals surface area contributed by atoms with E-state index in [0.717, 1.165) is 17.7 Å². The molecule has 2 aromatic carbocycles. The number of thiazole rings is 1. The average molecular weight is 953 g/mol. The summed E-state index contributed by atoms with van der Waals surface area (Å²) >= 11 is 1.45. The van der Waals surface area contributed by atoms with Crippen molar-refractivity contribution in [2.45, 2.75) is 133 Å². The molecule has 1 saturated heterocycles. The number of alkyl halides is 3. The Hall–Kier alpha value is -5.43. The largest absolute Gasteiger partial charge is 0.573 e. The SMILES string of the molecule is COc1ccc2c(O[C@@H]3C[C@H]4C(=O)N[C@]5(C(=O)NS(=O)(=O)C6(C)CC6)C[C@@H]5/C=C\CCCCC[C@H](Nc5cc(C)cc(OC(F)(F)F)c5)C(=O)N4C3)cc(-c3nc(C(C)C)cs3)nc2c1C. The second-order valence-electron chi connectivity index (χ2n) is 18.5. The summed E-state index contributed by atoms with van der Waals surface area (Å²) < 4.78 is 84.6. The summed E-state index contributed by atoms with van der Waals surface area (Å²) in [5, 5.41) is 9.39. The van der Waals surface area contributed by atoms with E-state index in [2.05, 4.69) is 33.9 Å². The Bertz CT molecular complexity index is 2690. The Kier molecular flexibility index (Phi) is 12.8. The van der Waals surface area contributed by atoms with Crippen LogP contribution in [-0.4, -0.2) is 89.5 Å². The van der Waals surface area contributed by atoms with Gasteiger partial charge in [0.2, 0.25) is 21.8 Å². The zero-order valence-corrected chi connectivity index (χ0v) is 39.3. The van der Waals surface area contributed by atoms with Crippen LogP contribution in [-0.2, 0) is 24.4 Å². The number of aromatic nitrogens is 2. The van der Waals surface area contributed by atoms with Crippen LogP contribution in [0.25, 0.3) is 21.6 Å². The highest BCUT2D eigenvalue weighted by Gasteiger charge is 2.63. The molecule has 3 fully saturated rings. The first kappa shape index (κ1) is 47.1. The van der Waals surface area contributed by atoms with Crippen LogP contribution in [0.5, 0.6) is 17.2 Å². The Labute approximate surface area is 386 Å². The first-order valence-electron chi connectivity index (χ1n) is 22.3. The van der Waals surface area contributed by atoms with Crippen LogP contribution in [0.15, 0.2) is 53.9 Å². The van der Waals surface area contributed by atoms with Gasteiger partial charge in [0, 0.05) is 46.5 Å². The third-order valence-corrected chi connectivity index (χ3v) is 16.1. The van der Waals surface area contributed by atoms with Gasteiger partial charge in [-0.3, -0.25) is 19.1 Å². The van der Waals surface area contributed by atoms with Gasteiger partial charge in [0.25, 0.3) is 5.91 Å². The van der Waals surface area contributed by atoms with Crippen LogP contribution in [0, 0.1) is 19.8 Å². The number of anilines is 1. The van der Waals surface area contributed by atoms with Crippen molar-refractivity contribution in [2.75, 3.05) is 19.0 Å². The number of carbonyl (C=O) groups is 3. The maximum Gasteiger partial charge on any atom is 0.573 e. The number of amides is 3. The molecule has 5 atom stereocenters. The molecular weight excluding hydrogens is 898 g/mol. The minimum absolute atomic E-state index is 0.0179. The van der Waals surface area contributed by atoms with E-state index in [1.54, 1.807) is 33.1 Å². The van der Waals surface area contributed by atoms with Crippen LogP contribution < -0.4 is 29.6 Å². The fourth-order valence-electron chi connectivity index (χ4n) is 8.83. The topological polar surface area (TPSA) is 178 Å². The Balaban J connectivity index is 1.16. The molecule has 2 aliphatic carbocycles. The number of methoxy groups -OCH3 is 1. The Morgan fingerprint density at radius 2 is 1.82 bits per heavy atom. The van der Waals surface area contributed by atoms with Gasteiger partial charge in [-0.1, -0.05) is 38.8 Å². The molecule has 8 rings (SSSR count). The fraction of sp³-hybridized carbons (Fsp3) is 0.511. The van der Waals surface area contributed by atoms with Crippen molar-refractivity contribution in [1.82, 2.24) is 24.9 Å².